The van der Waals surface area contributed by atoms with Crippen molar-refractivity contribution in [3.63, 3.8) is 0 Å². The molecule has 1 heterocycles. The van der Waals surface area contributed by atoms with Gasteiger partial charge in [0, 0.05) is 12.6 Å². The van der Waals surface area contributed by atoms with Crippen molar-refractivity contribution in [2.24, 2.45) is 7.05 Å². The number of thioether (sulfide) groups is 1. The molecule has 136 valence electrons. The van der Waals surface area contributed by atoms with Crippen LogP contribution in [0.4, 0.5) is 13.2 Å². The predicted octanol–water partition coefficient (Wildman–Crippen LogP) is 2.65. The third-order valence-corrected chi connectivity index (χ3v) is 4.41. The van der Waals surface area contributed by atoms with Gasteiger partial charge in [0.25, 0.3) is 0 Å². The van der Waals surface area contributed by atoms with E-state index in [1.54, 1.807) is 30.9 Å². The Morgan fingerprint density at radius 1 is 1.40 bits per heavy atom. The molecule has 1 aromatic heterocycles. The van der Waals surface area contributed by atoms with E-state index in [4.69, 9.17) is 4.74 Å². The van der Waals surface area contributed by atoms with Gasteiger partial charge >= 0.3 is 6.18 Å². The normalized spacial score (nSPS) is 12.7. The van der Waals surface area contributed by atoms with Gasteiger partial charge in [-0.2, -0.15) is 13.2 Å². The van der Waals surface area contributed by atoms with E-state index < -0.39 is 23.9 Å². The number of carbonyl (C=O) groups is 1. The molecular formula is C15H17F3N4O2S. The average molecular weight is 374 g/mol. The van der Waals surface area contributed by atoms with Crippen molar-refractivity contribution in [2.75, 3.05) is 13.7 Å². The van der Waals surface area contributed by atoms with Crippen LogP contribution in [-0.4, -0.2) is 45.8 Å². The van der Waals surface area contributed by atoms with Crippen LogP contribution in [0.1, 0.15) is 6.92 Å². The van der Waals surface area contributed by atoms with Gasteiger partial charge in [0.05, 0.1) is 12.4 Å². The number of methoxy groups -OCH3 is 1. The van der Waals surface area contributed by atoms with Crippen molar-refractivity contribution in [2.45, 2.75) is 23.5 Å². The zero-order chi connectivity index (χ0) is 18.6. The van der Waals surface area contributed by atoms with Crippen molar-refractivity contribution in [1.82, 2.24) is 20.1 Å². The van der Waals surface area contributed by atoms with Crippen LogP contribution >= 0.6 is 11.8 Å². The van der Waals surface area contributed by atoms with E-state index in [2.05, 4.69) is 10.2 Å². The number of benzene rings is 1. The third kappa shape index (κ3) is 5.12. The second kappa shape index (κ2) is 7.77. The summed E-state index contributed by atoms with van der Waals surface area (Å²) in [5.41, 5.74) is 0.773. The molecule has 0 bridgehead atoms. The first-order valence-corrected chi connectivity index (χ1v) is 8.14. The van der Waals surface area contributed by atoms with Crippen LogP contribution in [0.25, 0.3) is 11.4 Å². The number of hydrogen-bond donors (Lipinski definition) is 1. The Kier molecular flexibility index (Phi) is 5.93. The monoisotopic (exact) mass is 374 g/mol. The molecule has 1 amide bonds. The van der Waals surface area contributed by atoms with Crippen LogP contribution in [0.3, 0.4) is 0 Å². The number of halogens is 3. The molecule has 0 aliphatic carbocycles. The van der Waals surface area contributed by atoms with Crippen LogP contribution < -0.4 is 10.1 Å². The van der Waals surface area contributed by atoms with Crippen molar-refractivity contribution < 1.29 is 22.7 Å². The highest BCUT2D eigenvalue weighted by molar-refractivity contribution is 8.00. The fourth-order valence-corrected chi connectivity index (χ4v) is 2.81. The maximum atomic E-state index is 12.2. The summed E-state index contributed by atoms with van der Waals surface area (Å²) in [6, 6.07) is 7.23. The first kappa shape index (κ1) is 19.1. The fourth-order valence-electron chi connectivity index (χ4n) is 1.97. The highest BCUT2D eigenvalue weighted by Crippen LogP contribution is 2.27. The molecule has 1 aromatic carbocycles. The topological polar surface area (TPSA) is 69.0 Å². The van der Waals surface area contributed by atoms with E-state index in [1.165, 1.54) is 6.92 Å². The van der Waals surface area contributed by atoms with Crippen LogP contribution in [0.5, 0.6) is 5.75 Å². The quantitative estimate of drug-likeness (QED) is 0.788. The number of nitrogens with one attached hydrogen (secondary N) is 1. The second-order valence-electron chi connectivity index (χ2n) is 5.19. The van der Waals surface area contributed by atoms with E-state index in [1.807, 2.05) is 17.4 Å². The van der Waals surface area contributed by atoms with E-state index in [0.717, 1.165) is 17.3 Å². The van der Waals surface area contributed by atoms with Gasteiger partial charge in [-0.05, 0) is 19.1 Å². The van der Waals surface area contributed by atoms with Crippen LogP contribution in [0.2, 0.25) is 0 Å². The minimum absolute atomic E-state index is 0.424. The molecule has 25 heavy (non-hydrogen) atoms. The smallest absolute Gasteiger partial charge is 0.405 e. The molecule has 0 fully saturated rings. The number of carbonyl (C=O) groups excluding carboxylic acids is 1. The molecule has 0 radical (unpaired) electrons. The lowest BCUT2D eigenvalue weighted by molar-refractivity contribution is -0.137. The second-order valence-corrected chi connectivity index (χ2v) is 6.50. The molecular weight excluding hydrogens is 357 g/mol. The fraction of sp³-hybridized carbons (Fsp3) is 0.400. The van der Waals surface area contributed by atoms with Gasteiger partial charge in [-0.25, -0.2) is 0 Å². The highest BCUT2D eigenvalue weighted by Gasteiger charge is 2.29. The van der Waals surface area contributed by atoms with Crippen LogP contribution in [0.15, 0.2) is 29.4 Å². The molecule has 1 N–H and O–H groups in total. The summed E-state index contributed by atoms with van der Waals surface area (Å²) in [5.74, 6) is 0.507. The Morgan fingerprint density at radius 3 is 2.76 bits per heavy atom. The van der Waals surface area contributed by atoms with Crippen LogP contribution in [-0.2, 0) is 11.8 Å². The molecule has 2 rings (SSSR count). The van der Waals surface area contributed by atoms with E-state index in [0.29, 0.717) is 16.7 Å². The number of hydrogen-bond acceptors (Lipinski definition) is 5. The zero-order valence-electron chi connectivity index (χ0n) is 13.8. The zero-order valence-corrected chi connectivity index (χ0v) is 14.6. The first-order chi connectivity index (χ1) is 11.7. The molecule has 0 aliphatic heterocycles. The summed E-state index contributed by atoms with van der Waals surface area (Å²) >= 11 is 1.03. The third-order valence-electron chi connectivity index (χ3n) is 3.28. The van der Waals surface area contributed by atoms with Crippen molar-refractivity contribution in [3.8, 4) is 17.1 Å². The summed E-state index contributed by atoms with van der Waals surface area (Å²) in [6.07, 6.45) is -4.44. The van der Waals surface area contributed by atoms with Gasteiger partial charge in [-0.3, -0.25) is 4.79 Å². The van der Waals surface area contributed by atoms with E-state index >= 15 is 0 Å². The molecule has 10 heteroatoms. The lowest BCUT2D eigenvalue weighted by Crippen LogP contribution is -2.38. The maximum Gasteiger partial charge on any atom is 0.405 e. The van der Waals surface area contributed by atoms with Crippen LogP contribution in [0, 0.1) is 0 Å². The molecule has 0 saturated carbocycles. The average Bonchev–Trinajstić information content (AvgIpc) is 2.92. The first-order valence-electron chi connectivity index (χ1n) is 7.26. The van der Waals surface area contributed by atoms with E-state index in [-0.39, 0.29) is 0 Å². The van der Waals surface area contributed by atoms with Crippen molar-refractivity contribution >= 4 is 17.7 Å². The lowest BCUT2D eigenvalue weighted by atomic mass is 10.2. The summed E-state index contributed by atoms with van der Waals surface area (Å²) in [4.78, 5) is 11.8. The molecule has 0 saturated heterocycles. The van der Waals surface area contributed by atoms with Crippen molar-refractivity contribution in [1.29, 1.82) is 0 Å². The Hall–Kier alpha value is -2.23. The Balaban J connectivity index is 2.09. The summed E-state index contributed by atoms with van der Waals surface area (Å²) in [7, 11) is 3.27. The number of rotatable bonds is 6. The lowest BCUT2D eigenvalue weighted by Gasteiger charge is -2.13. The van der Waals surface area contributed by atoms with Gasteiger partial charge in [0.15, 0.2) is 11.0 Å². The molecule has 0 spiro atoms. The Morgan fingerprint density at radius 2 is 2.12 bits per heavy atom. The van der Waals surface area contributed by atoms with Gasteiger partial charge in [0.1, 0.15) is 12.3 Å². The van der Waals surface area contributed by atoms with Gasteiger partial charge in [0.2, 0.25) is 5.91 Å². The van der Waals surface area contributed by atoms with E-state index in [9.17, 15) is 18.0 Å². The summed E-state index contributed by atoms with van der Waals surface area (Å²) in [5, 5.41) is 9.63. The standard InChI is InChI=1S/C15H17F3N4O2S/c1-9(13(23)19-8-15(16,17)18)25-14-21-20-12(22(14)2)10-5-4-6-11(7-10)24-3/h4-7,9H,8H2,1-3H3,(H,19,23)/t9-/m0/s1. The maximum absolute atomic E-state index is 12.2. The minimum atomic E-state index is -4.44. The largest absolute Gasteiger partial charge is 0.497 e. The van der Waals surface area contributed by atoms with Crippen molar-refractivity contribution in [3.05, 3.63) is 24.3 Å². The number of alkyl halides is 3. The molecule has 0 aliphatic rings. The Bertz CT molecular complexity index is 749. The highest BCUT2D eigenvalue weighted by atomic mass is 32.2. The molecule has 6 nitrogen and oxygen atoms in total. The predicted molar refractivity (Wildman–Crippen MR) is 87.4 cm³/mol. The number of nitrogens with zero attached hydrogens (tertiary/aromatic N) is 3. The number of ether oxygens (including phenoxy) is 1. The molecule has 0 unspecified atom stereocenters. The summed E-state index contributed by atoms with van der Waals surface area (Å²) < 4.78 is 43.3. The molecule has 1 atom stereocenters. The minimum Gasteiger partial charge on any atom is -0.497 e. The number of amides is 1. The van der Waals surface area contributed by atoms with Gasteiger partial charge in [-0.1, -0.05) is 23.9 Å². The number of aromatic nitrogens is 3. The van der Waals surface area contributed by atoms with Gasteiger partial charge in [-0.15, -0.1) is 10.2 Å². The molecule has 2 aromatic rings. The van der Waals surface area contributed by atoms with Gasteiger partial charge < -0.3 is 14.6 Å². The Labute approximate surface area is 146 Å². The SMILES string of the molecule is COc1cccc(-c2nnc(S[C@@H](C)C(=O)NCC(F)(F)F)n2C)c1. The summed E-state index contributed by atoms with van der Waals surface area (Å²) in [6.45, 7) is 0.154.